The summed E-state index contributed by atoms with van der Waals surface area (Å²) in [5.41, 5.74) is 7.94. The normalized spacial score (nSPS) is 10.4. The average Bonchev–Trinajstić information content (AvgIpc) is 2.30. The molecule has 0 radical (unpaired) electrons. The summed E-state index contributed by atoms with van der Waals surface area (Å²) in [5.74, 6) is 0.0372. The van der Waals surface area contributed by atoms with Gasteiger partial charge in [0.15, 0.2) is 5.82 Å². The SMILES string of the molecule is Cc1cc(C)cc(Oc2nccc(CN)c2F)c1. The third-order valence-corrected chi connectivity index (χ3v) is 2.57. The second kappa shape index (κ2) is 5.14. The van der Waals surface area contributed by atoms with E-state index >= 15 is 0 Å². The number of hydrogen-bond donors (Lipinski definition) is 1. The van der Waals surface area contributed by atoms with E-state index in [0.29, 0.717) is 11.3 Å². The first-order valence-corrected chi connectivity index (χ1v) is 5.69. The standard InChI is InChI=1S/C14H15FN2O/c1-9-5-10(2)7-12(6-9)18-14-13(15)11(8-16)3-4-17-14/h3-7H,8,16H2,1-2H3. The van der Waals surface area contributed by atoms with Gasteiger partial charge in [0.1, 0.15) is 5.75 Å². The van der Waals surface area contributed by atoms with Gasteiger partial charge in [0.25, 0.3) is 5.88 Å². The van der Waals surface area contributed by atoms with Crippen molar-refractivity contribution in [3.8, 4) is 11.6 Å². The fourth-order valence-electron chi connectivity index (χ4n) is 1.79. The Kier molecular flexibility index (Phi) is 3.58. The molecule has 18 heavy (non-hydrogen) atoms. The highest BCUT2D eigenvalue weighted by Gasteiger charge is 2.10. The van der Waals surface area contributed by atoms with Crippen LogP contribution >= 0.6 is 0 Å². The van der Waals surface area contributed by atoms with Crippen molar-refractivity contribution in [2.75, 3.05) is 0 Å². The number of pyridine rings is 1. The van der Waals surface area contributed by atoms with Crippen molar-refractivity contribution in [2.24, 2.45) is 5.73 Å². The van der Waals surface area contributed by atoms with Crippen LogP contribution in [0.1, 0.15) is 16.7 Å². The van der Waals surface area contributed by atoms with E-state index in [0.717, 1.165) is 11.1 Å². The molecule has 0 bridgehead atoms. The molecule has 94 valence electrons. The van der Waals surface area contributed by atoms with Crippen molar-refractivity contribution >= 4 is 0 Å². The van der Waals surface area contributed by atoms with Crippen molar-refractivity contribution in [1.82, 2.24) is 4.98 Å². The Morgan fingerprint density at radius 1 is 1.22 bits per heavy atom. The minimum atomic E-state index is -0.501. The van der Waals surface area contributed by atoms with Crippen molar-refractivity contribution < 1.29 is 9.13 Å². The minimum Gasteiger partial charge on any atom is -0.436 e. The second-order valence-electron chi connectivity index (χ2n) is 4.22. The average molecular weight is 246 g/mol. The molecule has 1 aromatic heterocycles. The Morgan fingerprint density at radius 3 is 2.50 bits per heavy atom. The van der Waals surface area contributed by atoms with Gasteiger partial charge in [-0.3, -0.25) is 0 Å². The van der Waals surface area contributed by atoms with Gasteiger partial charge in [0.2, 0.25) is 0 Å². The van der Waals surface area contributed by atoms with Crippen molar-refractivity contribution in [2.45, 2.75) is 20.4 Å². The summed E-state index contributed by atoms with van der Waals surface area (Å²) in [6.07, 6.45) is 1.49. The predicted octanol–water partition coefficient (Wildman–Crippen LogP) is 3.09. The molecule has 0 aliphatic rings. The van der Waals surface area contributed by atoms with Gasteiger partial charge in [0, 0.05) is 18.3 Å². The van der Waals surface area contributed by atoms with Gasteiger partial charge in [-0.15, -0.1) is 0 Å². The van der Waals surface area contributed by atoms with Crippen molar-refractivity contribution in [3.05, 3.63) is 53.0 Å². The molecule has 0 saturated carbocycles. The molecule has 1 heterocycles. The maximum atomic E-state index is 13.9. The van der Waals surface area contributed by atoms with Crippen LogP contribution in [0.5, 0.6) is 11.6 Å². The smallest absolute Gasteiger partial charge is 0.256 e. The number of halogens is 1. The van der Waals surface area contributed by atoms with Gasteiger partial charge >= 0.3 is 0 Å². The molecule has 0 unspecified atom stereocenters. The van der Waals surface area contributed by atoms with Gasteiger partial charge in [-0.1, -0.05) is 6.07 Å². The Labute approximate surface area is 105 Å². The molecule has 0 saturated heterocycles. The fraction of sp³-hybridized carbons (Fsp3) is 0.214. The Morgan fingerprint density at radius 2 is 1.89 bits per heavy atom. The summed E-state index contributed by atoms with van der Waals surface area (Å²) >= 11 is 0. The molecule has 2 N–H and O–H groups in total. The molecule has 2 rings (SSSR count). The number of rotatable bonds is 3. The molecule has 0 atom stereocenters. The molecule has 2 aromatic rings. The molecule has 0 spiro atoms. The Balaban J connectivity index is 2.34. The van der Waals surface area contributed by atoms with Crippen LogP contribution in [0.3, 0.4) is 0 Å². The van der Waals surface area contributed by atoms with Crippen molar-refractivity contribution in [1.29, 1.82) is 0 Å². The first-order chi connectivity index (χ1) is 8.60. The Bertz CT molecular complexity index is 549. The van der Waals surface area contributed by atoms with E-state index in [4.69, 9.17) is 10.5 Å². The lowest BCUT2D eigenvalue weighted by Gasteiger charge is -2.09. The van der Waals surface area contributed by atoms with E-state index in [1.165, 1.54) is 6.20 Å². The number of hydrogen-bond acceptors (Lipinski definition) is 3. The van der Waals surface area contributed by atoms with Crippen LogP contribution in [0.4, 0.5) is 4.39 Å². The largest absolute Gasteiger partial charge is 0.436 e. The zero-order valence-electron chi connectivity index (χ0n) is 10.4. The topological polar surface area (TPSA) is 48.1 Å². The van der Waals surface area contributed by atoms with E-state index in [1.807, 2.05) is 32.0 Å². The van der Waals surface area contributed by atoms with E-state index in [9.17, 15) is 4.39 Å². The molecule has 4 heteroatoms. The van der Waals surface area contributed by atoms with Crippen LogP contribution in [0.2, 0.25) is 0 Å². The summed E-state index contributed by atoms with van der Waals surface area (Å²) in [7, 11) is 0. The van der Waals surface area contributed by atoms with E-state index in [-0.39, 0.29) is 12.4 Å². The number of nitrogens with two attached hydrogens (primary N) is 1. The van der Waals surface area contributed by atoms with Crippen LogP contribution in [0.25, 0.3) is 0 Å². The van der Waals surface area contributed by atoms with Gasteiger partial charge in [-0.05, 0) is 43.2 Å². The third kappa shape index (κ3) is 2.65. The molecule has 0 fully saturated rings. The molecule has 0 amide bonds. The highest BCUT2D eigenvalue weighted by atomic mass is 19.1. The molecule has 0 aliphatic heterocycles. The summed E-state index contributed by atoms with van der Waals surface area (Å²) in [6, 6.07) is 7.24. The van der Waals surface area contributed by atoms with E-state index < -0.39 is 5.82 Å². The second-order valence-corrected chi connectivity index (χ2v) is 4.22. The zero-order valence-corrected chi connectivity index (χ0v) is 10.4. The molecule has 1 aromatic carbocycles. The maximum Gasteiger partial charge on any atom is 0.256 e. The lowest BCUT2D eigenvalue weighted by atomic mass is 10.1. The number of nitrogens with zero attached hydrogens (tertiary/aromatic N) is 1. The highest BCUT2D eigenvalue weighted by Crippen LogP contribution is 2.25. The molecular formula is C14H15FN2O. The van der Waals surface area contributed by atoms with Gasteiger partial charge in [-0.2, -0.15) is 0 Å². The van der Waals surface area contributed by atoms with Crippen LogP contribution in [-0.2, 0) is 6.54 Å². The first kappa shape index (κ1) is 12.5. The quantitative estimate of drug-likeness (QED) is 0.905. The zero-order chi connectivity index (χ0) is 13.1. The number of aryl methyl sites for hydroxylation is 2. The molecular weight excluding hydrogens is 231 g/mol. The maximum absolute atomic E-state index is 13.9. The van der Waals surface area contributed by atoms with Crippen LogP contribution in [0, 0.1) is 19.7 Å². The summed E-state index contributed by atoms with van der Waals surface area (Å²) in [6.45, 7) is 4.04. The first-order valence-electron chi connectivity index (χ1n) is 5.69. The number of ether oxygens (including phenoxy) is 1. The molecule has 3 nitrogen and oxygen atoms in total. The minimum absolute atomic E-state index is 0.0389. The van der Waals surface area contributed by atoms with Gasteiger partial charge in [-0.25, -0.2) is 9.37 Å². The third-order valence-electron chi connectivity index (χ3n) is 2.57. The lowest BCUT2D eigenvalue weighted by Crippen LogP contribution is -2.02. The van der Waals surface area contributed by atoms with Crippen LogP contribution in [0.15, 0.2) is 30.5 Å². The summed E-state index contributed by atoms with van der Waals surface area (Å²) < 4.78 is 19.4. The summed E-state index contributed by atoms with van der Waals surface area (Å²) in [5, 5.41) is 0. The van der Waals surface area contributed by atoms with Crippen LogP contribution in [-0.4, -0.2) is 4.98 Å². The number of benzene rings is 1. The monoisotopic (exact) mass is 246 g/mol. The fourth-order valence-corrected chi connectivity index (χ4v) is 1.79. The number of aromatic nitrogens is 1. The Hall–Kier alpha value is -1.94. The van der Waals surface area contributed by atoms with E-state index in [2.05, 4.69) is 4.98 Å². The lowest BCUT2D eigenvalue weighted by molar-refractivity contribution is 0.418. The van der Waals surface area contributed by atoms with Crippen LogP contribution < -0.4 is 10.5 Å². The predicted molar refractivity (Wildman–Crippen MR) is 68.1 cm³/mol. The summed E-state index contributed by atoms with van der Waals surface area (Å²) in [4.78, 5) is 3.89. The van der Waals surface area contributed by atoms with Crippen molar-refractivity contribution in [3.63, 3.8) is 0 Å². The highest BCUT2D eigenvalue weighted by molar-refractivity contribution is 5.36. The van der Waals surface area contributed by atoms with Gasteiger partial charge < -0.3 is 10.5 Å². The van der Waals surface area contributed by atoms with Gasteiger partial charge in [0.05, 0.1) is 0 Å². The van der Waals surface area contributed by atoms with E-state index in [1.54, 1.807) is 6.07 Å². The molecule has 0 aliphatic carbocycles.